The smallest absolute Gasteiger partial charge is 0.162 e. The van der Waals surface area contributed by atoms with Crippen LogP contribution in [0.25, 0.3) is 83.3 Å². The van der Waals surface area contributed by atoms with Gasteiger partial charge in [-0.1, -0.05) is 133 Å². The Kier molecular flexibility index (Phi) is 6.11. The highest BCUT2D eigenvalue weighted by atomic mass is 32.2. The minimum atomic E-state index is 0.726. The second kappa shape index (κ2) is 10.8. The van der Waals surface area contributed by atoms with Crippen LogP contribution in [-0.4, -0.2) is 14.5 Å². The van der Waals surface area contributed by atoms with E-state index in [1.807, 2.05) is 23.9 Å². The van der Waals surface area contributed by atoms with E-state index in [0.29, 0.717) is 0 Å². The molecular weight excluding hydrogens is 603 g/mol. The maximum atomic E-state index is 5.17. The molecule has 1 aliphatic rings. The summed E-state index contributed by atoms with van der Waals surface area (Å²) in [6.07, 6.45) is 0. The Morgan fingerprint density at radius 3 is 1.85 bits per heavy atom. The van der Waals surface area contributed by atoms with Crippen LogP contribution in [0.15, 0.2) is 174 Å². The fraction of sp³-hybridized carbons (Fsp3) is 0. The highest BCUT2D eigenvalue weighted by Crippen LogP contribution is 2.52. The third kappa shape index (κ3) is 4.16. The molecule has 0 saturated carbocycles. The molecule has 0 amide bonds. The predicted molar refractivity (Wildman–Crippen MR) is 200 cm³/mol. The molecule has 0 saturated heterocycles. The van der Waals surface area contributed by atoms with Gasteiger partial charge in [0.25, 0.3) is 0 Å². The predicted octanol–water partition coefficient (Wildman–Crippen LogP) is 11.9. The topological polar surface area (TPSA) is 30.7 Å². The Morgan fingerprint density at radius 1 is 0.438 bits per heavy atom. The molecule has 0 fully saturated rings. The molecule has 0 radical (unpaired) electrons. The van der Waals surface area contributed by atoms with Crippen molar-refractivity contribution in [3.8, 4) is 50.5 Å². The van der Waals surface area contributed by atoms with E-state index in [4.69, 9.17) is 9.97 Å². The molecule has 0 unspecified atom stereocenters. The van der Waals surface area contributed by atoms with Gasteiger partial charge in [0.1, 0.15) is 0 Å². The molecule has 0 atom stereocenters. The maximum Gasteiger partial charge on any atom is 0.162 e. The summed E-state index contributed by atoms with van der Waals surface area (Å²) in [5.41, 5.74) is 13.1. The van der Waals surface area contributed by atoms with Crippen LogP contribution >= 0.6 is 11.8 Å². The molecule has 3 aromatic heterocycles. The number of hydrogen-bond acceptors (Lipinski definition) is 3. The first-order valence-corrected chi connectivity index (χ1v) is 17.0. The van der Waals surface area contributed by atoms with Gasteiger partial charge in [0.15, 0.2) is 5.65 Å². The third-order valence-electron chi connectivity index (χ3n) is 9.42. The van der Waals surface area contributed by atoms with Crippen LogP contribution in [0.5, 0.6) is 0 Å². The molecule has 4 heterocycles. The summed E-state index contributed by atoms with van der Waals surface area (Å²) >= 11 is 1.85. The minimum Gasteiger partial charge on any atom is -0.308 e. The first kappa shape index (κ1) is 27.2. The number of hydrogen-bond donors (Lipinski definition) is 0. The van der Waals surface area contributed by atoms with E-state index in [-0.39, 0.29) is 0 Å². The lowest BCUT2D eigenvalue weighted by Crippen LogP contribution is -2.00. The summed E-state index contributed by atoms with van der Waals surface area (Å²) in [6.45, 7) is 0. The van der Waals surface area contributed by atoms with Crippen molar-refractivity contribution < 1.29 is 0 Å². The summed E-state index contributed by atoms with van der Waals surface area (Å²) in [4.78, 5) is 12.9. The van der Waals surface area contributed by atoms with Gasteiger partial charge in [-0.25, -0.2) is 9.97 Å². The van der Waals surface area contributed by atoms with E-state index in [2.05, 4.69) is 156 Å². The van der Waals surface area contributed by atoms with Crippen LogP contribution in [0.1, 0.15) is 0 Å². The lowest BCUT2D eigenvalue weighted by Gasteiger charge is -2.16. The zero-order valence-corrected chi connectivity index (χ0v) is 26.7. The number of fused-ring (bicyclic) bond motifs is 10. The van der Waals surface area contributed by atoms with Crippen LogP contribution in [0.3, 0.4) is 0 Å². The lowest BCUT2D eigenvalue weighted by atomic mass is 9.90. The number of para-hydroxylation sites is 1. The van der Waals surface area contributed by atoms with Gasteiger partial charge in [-0.05, 0) is 59.2 Å². The second-order valence-corrected chi connectivity index (χ2v) is 13.2. The number of aromatic nitrogens is 3. The lowest BCUT2D eigenvalue weighted by molar-refractivity contribution is 1.17. The van der Waals surface area contributed by atoms with Crippen molar-refractivity contribution in [3.05, 3.63) is 164 Å². The first-order valence-electron chi connectivity index (χ1n) is 16.2. The second-order valence-electron chi connectivity index (χ2n) is 12.2. The number of benzene rings is 6. The summed E-state index contributed by atoms with van der Waals surface area (Å²) in [6, 6.07) is 58.4. The zero-order valence-electron chi connectivity index (χ0n) is 25.8. The molecule has 48 heavy (non-hydrogen) atoms. The molecule has 1 aliphatic heterocycles. The molecule has 3 nitrogen and oxygen atoms in total. The molecule has 224 valence electrons. The first-order chi connectivity index (χ1) is 23.8. The summed E-state index contributed by atoms with van der Waals surface area (Å²) in [5.74, 6) is 0. The Balaban J connectivity index is 1.34. The van der Waals surface area contributed by atoms with Gasteiger partial charge in [-0.15, -0.1) is 0 Å². The van der Waals surface area contributed by atoms with Crippen LogP contribution in [0.2, 0.25) is 0 Å². The molecule has 6 aromatic carbocycles. The van der Waals surface area contributed by atoms with Gasteiger partial charge in [0, 0.05) is 42.6 Å². The summed E-state index contributed by atoms with van der Waals surface area (Å²) < 4.78 is 2.43. The van der Waals surface area contributed by atoms with Crippen LogP contribution in [-0.2, 0) is 0 Å². The third-order valence-corrected chi connectivity index (χ3v) is 10.6. The van der Waals surface area contributed by atoms with Gasteiger partial charge in [-0.2, -0.15) is 0 Å². The van der Waals surface area contributed by atoms with Crippen molar-refractivity contribution in [2.75, 3.05) is 0 Å². The fourth-order valence-corrected chi connectivity index (χ4v) is 8.38. The van der Waals surface area contributed by atoms with E-state index in [1.54, 1.807) is 0 Å². The van der Waals surface area contributed by atoms with Gasteiger partial charge in [-0.3, -0.25) is 0 Å². The monoisotopic (exact) mass is 629 g/mol. The van der Waals surface area contributed by atoms with Crippen LogP contribution in [0, 0.1) is 0 Å². The summed E-state index contributed by atoms with van der Waals surface area (Å²) in [5, 5.41) is 3.49. The Bertz CT molecular complexity index is 2690. The van der Waals surface area contributed by atoms with Crippen LogP contribution in [0.4, 0.5) is 0 Å². The van der Waals surface area contributed by atoms with Crippen molar-refractivity contribution in [1.29, 1.82) is 0 Å². The van der Waals surface area contributed by atoms with E-state index < -0.39 is 0 Å². The average Bonchev–Trinajstić information content (AvgIpc) is 3.41. The molecule has 4 heteroatoms. The van der Waals surface area contributed by atoms with Crippen LogP contribution < -0.4 is 0 Å². The highest BCUT2D eigenvalue weighted by molar-refractivity contribution is 7.99. The fourth-order valence-electron chi connectivity index (χ4n) is 7.28. The van der Waals surface area contributed by atoms with Gasteiger partial charge >= 0.3 is 0 Å². The normalized spacial score (nSPS) is 12.1. The number of rotatable bonds is 3. The van der Waals surface area contributed by atoms with Gasteiger partial charge in [0.05, 0.1) is 28.1 Å². The molecule has 0 bridgehead atoms. The standard InChI is InChI=1S/C44H27N3S/c1-3-13-28(14-4-1)35-25-23-33-39(27-36(46-44(33)45-35)29-15-5-2-6-16-29)47-37-20-10-7-18-32(37)43-38(47)26-24-31-30-17-8-11-21-40(30)48-41-22-12-9-19-34(41)42(31)43/h1-27H. The Hall–Kier alpha value is -5.97. The Morgan fingerprint density at radius 2 is 1.06 bits per heavy atom. The van der Waals surface area contributed by atoms with Gasteiger partial charge < -0.3 is 4.57 Å². The van der Waals surface area contributed by atoms with Gasteiger partial charge in [0.2, 0.25) is 0 Å². The number of nitrogens with zero attached hydrogens (tertiary/aromatic N) is 3. The molecular formula is C44H27N3S. The number of pyridine rings is 2. The molecule has 0 aliphatic carbocycles. The molecule has 9 aromatic rings. The van der Waals surface area contributed by atoms with Crippen molar-refractivity contribution in [1.82, 2.24) is 14.5 Å². The largest absolute Gasteiger partial charge is 0.308 e. The van der Waals surface area contributed by atoms with E-state index in [9.17, 15) is 0 Å². The van der Waals surface area contributed by atoms with Crippen molar-refractivity contribution >= 4 is 44.6 Å². The van der Waals surface area contributed by atoms with E-state index in [0.717, 1.165) is 50.3 Å². The molecule has 0 N–H and O–H groups in total. The Labute approximate surface area is 282 Å². The minimum absolute atomic E-state index is 0.726. The molecule has 10 rings (SSSR count). The van der Waals surface area contributed by atoms with E-state index >= 15 is 0 Å². The average molecular weight is 630 g/mol. The van der Waals surface area contributed by atoms with Crippen molar-refractivity contribution in [2.45, 2.75) is 9.79 Å². The van der Waals surface area contributed by atoms with E-state index in [1.165, 1.54) is 42.8 Å². The van der Waals surface area contributed by atoms with Crippen molar-refractivity contribution in [3.63, 3.8) is 0 Å². The quantitative estimate of drug-likeness (QED) is 0.195. The molecule has 0 spiro atoms. The summed E-state index contributed by atoms with van der Waals surface area (Å²) in [7, 11) is 0. The van der Waals surface area contributed by atoms with Crippen molar-refractivity contribution in [2.24, 2.45) is 0 Å². The maximum absolute atomic E-state index is 5.17. The zero-order chi connectivity index (χ0) is 31.6. The highest BCUT2D eigenvalue weighted by Gasteiger charge is 2.26. The SMILES string of the molecule is c1ccc(-c2ccc3c(-n4c5ccccc5c5c6c(ccc54)-c4ccccc4Sc4ccccc4-6)cc(-c4ccccc4)nc3n2)cc1.